The maximum absolute atomic E-state index is 12.0. The van der Waals surface area contributed by atoms with Gasteiger partial charge in [-0.2, -0.15) is 14.6 Å². The molecule has 0 unspecified atom stereocenters. The van der Waals surface area contributed by atoms with Crippen LogP contribution in [0.1, 0.15) is 30.2 Å². The quantitative estimate of drug-likeness (QED) is 0.505. The normalized spacial score (nSPS) is 15.0. The summed E-state index contributed by atoms with van der Waals surface area (Å²) in [6.45, 7) is 8.78. The fourth-order valence-electron chi connectivity index (χ4n) is 4.09. The highest BCUT2D eigenvalue weighted by Crippen LogP contribution is 2.26. The summed E-state index contributed by atoms with van der Waals surface area (Å²) in [5.74, 6) is 1.39. The molecule has 0 amide bonds. The second-order valence-corrected chi connectivity index (χ2v) is 7.88. The smallest absolute Gasteiger partial charge is 0.306 e. The van der Waals surface area contributed by atoms with Crippen LogP contribution in [0.3, 0.4) is 0 Å². The molecule has 1 aliphatic rings. The number of piperazine rings is 1. The summed E-state index contributed by atoms with van der Waals surface area (Å²) < 4.78 is 6.93. The largest absolute Gasteiger partial charge is 0.466 e. The molecule has 2 aromatic heterocycles. The Kier molecular flexibility index (Phi) is 7.11. The lowest BCUT2D eigenvalue weighted by atomic mass is 10.1. The van der Waals surface area contributed by atoms with Gasteiger partial charge in [0.05, 0.1) is 6.61 Å². The van der Waals surface area contributed by atoms with Crippen molar-refractivity contribution in [3.8, 4) is 0 Å². The Morgan fingerprint density at radius 1 is 1.16 bits per heavy atom. The van der Waals surface area contributed by atoms with Crippen LogP contribution < -0.4 is 4.90 Å². The van der Waals surface area contributed by atoms with E-state index in [1.165, 1.54) is 11.9 Å². The Morgan fingerprint density at radius 2 is 1.94 bits per heavy atom. The van der Waals surface area contributed by atoms with Gasteiger partial charge in [0.1, 0.15) is 12.1 Å². The molecule has 0 N–H and O–H groups in total. The minimum atomic E-state index is -0.188. The number of hydrogen-bond acceptors (Lipinski definition) is 7. The molecule has 0 radical (unpaired) electrons. The van der Waals surface area contributed by atoms with Gasteiger partial charge in [0.15, 0.2) is 0 Å². The van der Waals surface area contributed by atoms with Gasteiger partial charge in [-0.3, -0.25) is 9.69 Å². The number of fused-ring (bicyclic) bond motifs is 1. The van der Waals surface area contributed by atoms with E-state index in [9.17, 15) is 4.79 Å². The van der Waals surface area contributed by atoms with Crippen molar-refractivity contribution in [1.82, 2.24) is 24.5 Å². The number of benzene rings is 1. The summed E-state index contributed by atoms with van der Waals surface area (Å²) in [5, 5.41) is 4.42. The van der Waals surface area contributed by atoms with Crippen molar-refractivity contribution in [1.29, 1.82) is 0 Å². The van der Waals surface area contributed by atoms with Crippen LogP contribution in [0.2, 0.25) is 0 Å². The van der Waals surface area contributed by atoms with E-state index in [2.05, 4.69) is 61.3 Å². The molecule has 0 atom stereocenters. The number of rotatable bonds is 8. The van der Waals surface area contributed by atoms with Gasteiger partial charge in [0.25, 0.3) is 5.78 Å². The lowest BCUT2D eigenvalue weighted by molar-refractivity contribution is -0.143. The predicted molar refractivity (Wildman–Crippen MR) is 125 cm³/mol. The highest BCUT2D eigenvalue weighted by molar-refractivity contribution is 5.70. The molecule has 1 aromatic carbocycles. The first-order valence-electron chi connectivity index (χ1n) is 11.2. The molecule has 4 rings (SSSR count). The van der Waals surface area contributed by atoms with Crippen LogP contribution in [0.15, 0.2) is 42.7 Å². The average molecular weight is 435 g/mol. The molecule has 0 bridgehead atoms. The van der Waals surface area contributed by atoms with Crippen molar-refractivity contribution in [3.05, 3.63) is 59.6 Å². The van der Waals surface area contributed by atoms with E-state index in [4.69, 9.17) is 4.74 Å². The van der Waals surface area contributed by atoms with Crippen molar-refractivity contribution < 1.29 is 9.53 Å². The topological polar surface area (TPSA) is 75.9 Å². The van der Waals surface area contributed by atoms with E-state index < -0.39 is 0 Å². The zero-order chi connectivity index (χ0) is 22.3. The molecule has 0 saturated carbocycles. The van der Waals surface area contributed by atoms with Crippen molar-refractivity contribution >= 4 is 23.6 Å². The number of carbonyl (C=O) groups is 1. The van der Waals surface area contributed by atoms with Crippen molar-refractivity contribution in [3.63, 3.8) is 0 Å². The Morgan fingerprint density at radius 3 is 2.69 bits per heavy atom. The molecule has 0 spiro atoms. The van der Waals surface area contributed by atoms with E-state index in [0.717, 1.165) is 49.8 Å². The number of aromatic nitrogens is 4. The monoisotopic (exact) mass is 434 g/mol. The Labute approximate surface area is 188 Å². The average Bonchev–Trinajstić information content (AvgIpc) is 3.27. The minimum absolute atomic E-state index is 0.188. The van der Waals surface area contributed by atoms with Crippen LogP contribution in [0, 0.1) is 6.92 Å². The van der Waals surface area contributed by atoms with Crippen molar-refractivity contribution in [2.45, 2.75) is 26.7 Å². The molecule has 0 aliphatic carbocycles. The second kappa shape index (κ2) is 10.4. The van der Waals surface area contributed by atoms with Crippen molar-refractivity contribution in [2.24, 2.45) is 0 Å². The molecule has 8 nitrogen and oxygen atoms in total. The second-order valence-electron chi connectivity index (χ2n) is 7.88. The predicted octanol–water partition coefficient (Wildman–Crippen LogP) is 2.76. The zero-order valence-electron chi connectivity index (χ0n) is 18.8. The lowest BCUT2D eigenvalue weighted by Crippen LogP contribution is -2.47. The molecule has 1 fully saturated rings. The summed E-state index contributed by atoms with van der Waals surface area (Å²) in [6, 6.07) is 10.4. The highest BCUT2D eigenvalue weighted by Gasteiger charge is 2.24. The van der Waals surface area contributed by atoms with E-state index in [0.29, 0.717) is 25.2 Å². The SMILES string of the molecule is CCOC(=O)CCc1c(C)nc2ncnn2c1N1CCN(CC=Cc2ccccc2)CC1. The molecule has 3 aromatic rings. The van der Waals surface area contributed by atoms with Crippen LogP contribution in [-0.4, -0.2) is 69.8 Å². The molecule has 32 heavy (non-hydrogen) atoms. The molecule has 168 valence electrons. The fourth-order valence-corrected chi connectivity index (χ4v) is 4.09. The van der Waals surface area contributed by atoms with Crippen LogP contribution in [0.5, 0.6) is 0 Å². The van der Waals surface area contributed by atoms with E-state index in [1.54, 1.807) is 4.52 Å². The van der Waals surface area contributed by atoms with Crippen LogP contribution >= 0.6 is 0 Å². The van der Waals surface area contributed by atoms with Gasteiger partial charge in [-0.15, -0.1) is 0 Å². The van der Waals surface area contributed by atoms with Crippen LogP contribution in [0.25, 0.3) is 11.9 Å². The van der Waals surface area contributed by atoms with Gasteiger partial charge < -0.3 is 9.64 Å². The highest BCUT2D eigenvalue weighted by atomic mass is 16.5. The number of aryl methyl sites for hydroxylation is 1. The van der Waals surface area contributed by atoms with E-state index >= 15 is 0 Å². The number of esters is 1. The number of nitrogens with zero attached hydrogens (tertiary/aromatic N) is 6. The summed E-state index contributed by atoms with van der Waals surface area (Å²) >= 11 is 0. The maximum Gasteiger partial charge on any atom is 0.306 e. The third-order valence-corrected chi connectivity index (χ3v) is 5.73. The standard InChI is InChI=1S/C24H30N6O2/c1-3-32-22(31)12-11-21-19(2)27-24-25-18-26-30(24)23(21)29-16-14-28(15-17-29)13-7-10-20-8-5-4-6-9-20/h4-10,18H,3,11-17H2,1-2H3. The Hall–Kier alpha value is -3.26. The van der Waals surface area contributed by atoms with Crippen LogP contribution in [0.4, 0.5) is 5.82 Å². The van der Waals surface area contributed by atoms with Gasteiger partial charge in [0, 0.05) is 50.4 Å². The first kappa shape index (κ1) is 22.0. The summed E-state index contributed by atoms with van der Waals surface area (Å²) in [5.41, 5.74) is 3.14. The Bertz CT molecular complexity index is 1070. The molecule has 8 heteroatoms. The number of anilines is 1. The molecule has 1 saturated heterocycles. The van der Waals surface area contributed by atoms with Gasteiger partial charge in [-0.05, 0) is 25.8 Å². The van der Waals surface area contributed by atoms with Crippen molar-refractivity contribution in [2.75, 3.05) is 44.2 Å². The minimum Gasteiger partial charge on any atom is -0.466 e. The molecule has 1 aliphatic heterocycles. The van der Waals surface area contributed by atoms with E-state index in [1.807, 2.05) is 19.9 Å². The number of hydrogen-bond donors (Lipinski definition) is 0. The third-order valence-electron chi connectivity index (χ3n) is 5.73. The third kappa shape index (κ3) is 5.13. The summed E-state index contributed by atoms with van der Waals surface area (Å²) in [7, 11) is 0. The van der Waals surface area contributed by atoms with Gasteiger partial charge in [-0.1, -0.05) is 42.5 Å². The first-order chi connectivity index (χ1) is 15.7. The van der Waals surface area contributed by atoms with Gasteiger partial charge in [-0.25, -0.2) is 4.98 Å². The van der Waals surface area contributed by atoms with Gasteiger partial charge in [0.2, 0.25) is 0 Å². The summed E-state index contributed by atoms with van der Waals surface area (Å²) in [6.07, 6.45) is 6.83. The Balaban J connectivity index is 1.46. The molecular weight excluding hydrogens is 404 g/mol. The number of ether oxygens (including phenoxy) is 1. The summed E-state index contributed by atoms with van der Waals surface area (Å²) in [4.78, 5) is 25.6. The molecular formula is C24H30N6O2. The first-order valence-corrected chi connectivity index (χ1v) is 11.2. The fraction of sp³-hybridized carbons (Fsp3) is 0.417. The lowest BCUT2D eigenvalue weighted by Gasteiger charge is -2.36. The number of carbonyl (C=O) groups excluding carboxylic acids is 1. The van der Waals surface area contributed by atoms with Crippen LogP contribution in [-0.2, 0) is 16.0 Å². The zero-order valence-corrected chi connectivity index (χ0v) is 18.8. The maximum atomic E-state index is 12.0. The molecule has 3 heterocycles. The van der Waals surface area contributed by atoms with E-state index in [-0.39, 0.29) is 5.97 Å². The van der Waals surface area contributed by atoms with Gasteiger partial charge >= 0.3 is 5.97 Å².